The molecule has 2 fully saturated rings. The van der Waals surface area contributed by atoms with Crippen molar-refractivity contribution in [2.45, 2.75) is 31.9 Å². The van der Waals surface area contributed by atoms with Gasteiger partial charge in [-0.25, -0.2) is 9.37 Å². The second kappa shape index (κ2) is 8.61. The maximum Gasteiger partial charge on any atom is 0.268 e. The summed E-state index contributed by atoms with van der Waals surface area (Å²) in [6.07, 6.45) is 5.64. The number of amides is 2. The van der Waals surface area contributed by atoms with Gasteiger partial charge >= 0.3 is 0 Å². The lowest BCUT2D eigenvalue weighted by atomic mass is 10.1. The summed E-state index contributed by atoms with van der Waals surface area (Å²) in [6.45, 7) is 1.33. The van der Waals surface area contributed by atoms with Gasteiger partial charge < -0.3 is 19.3 Å². The van der Waals surface area contributed by atoms with E-state index in [1.54, 1.807) is 29.3 Å². The Kier molecular flexibility index (Phi) is 5.67. The number of fused-ring (bicyclic) bond motifs is 1. The highest BCUT2D eigenvalue weighted by Gasteiger charge is 2.37. The second-order valence-corrected chi connectivity index (χ2v) is 9.18. The summed E-state index contributed by atoms with van der Waals surface area (Å²) >= 11 is 1.51. The Morgan fingerprint density at radius 2 is 2.06 bits per heavy atom. The highest BCUT2D eigenvalue weighted by atomic mass is 32.2. The van der Waals surface area contributed by atoms with Crippen molar-refractivity contribution in [1.29, 1.82) is 0 Å². The maximum absolute atomic E-state index is 14.7. The molecule has 2 aromatic rings. The third kappa shape index (κ3) is 4.13. The number of carbonyl (C=O) groups excluding carboxylic acids is 2. The molecule has 1 aliphatic carbocycles. The molecule has 1 saturated heterocycles. The molecular formula is C23H24FN3O4S. The first-order valence-corrected chi connectivity index (χ1v) is 12.1. The Morgan fingerprint density at radius 1 is 1.22 bits per heavy atom. The molecule has 1 aromatic carbocycles. The van der Waals surface area contributed by atoms with E-state index in [2.05, 4.69) is 4.98 Å². The SMILES string of the molecule is CSCN1Cc2c(F)cc(N3CC[C@@H](Oc4ccc(OCC5CC5)nc4)C3=O)cc2C1=O. The monoisotopic (exact) mass is 457 g/mol. The van der Waals surface area contributed by atoms with Crippen LogP contribution in [0.15, 0.2) is 30.5 Å². The van der Waals surface area contributed by atoms with Crippen LogP contribution >= 0.6 is 11.8 Å². The van der Waals surface area contributed by atoms with Gasteiger partial charge in [0.25, 0.3) is 11.8 Å². The van der Waals surface area contributed by atoms with E-state index < -0.39 is 11.9 Å². The molecule has 0 bridgehead atoms. The van der Waals surface area contributed by atoms with Crippen LogP contribution in [0.3, 0.4) is 0 Å². The van der Waals surface area contributed by atoms with Crippen LogP contribution in [0.1, 0.15) is 35.2 Å². The van der Waals surface area contributed by atoms with Crippen LogP contribution in [0.25, 0.3) is 0 Å². The quantitative estimate of drug-likeness (QED) is 0.605. The topological polar surface area (TPSA) is 72.0 Å². The smallest absolute Gasteiger partial charge is 0.268 e. The molecule has 2 aliphatic heterocycles. The van der Waals surface area contributed by atoms with Crippen molar-refractivity contribution in [2.24, 2.45) is 5.92 Å². The summed E-state index contributed by atoms with van der Waals surface area (Å²) in [5.41, 5.74) is 1.11. The summed E-state index contributed by atoms with van der Waals surface area (Å²) in [7, 11) is 0. The molecule has 1 atom stereocenters. The van der Waals surface area contributed by atoms with Crippen LogP contribution in [0, 0.1) is 11.7 Å². The van der Waals surface area contributed by atoms with E-state index in [1.807, 2.05) is 6.26 Å². The molecule has 32 heavy (non-hydrogen) atoms. The Bertz CT molecular complexity index is 1040. The van der Waals surface area contributed by atoms with Crippen LogP contribution in [0.2, 0.25) is 0 Å². The Hall–Kier alpha value is -2.81. The van der Waals surface area contributed by atoms with E-state index in [0.29, 0.717) is 59.8 Å². The fraction of sp³-hybridized carbons (Fsp3) is 0.435. The summed E-state index contributed by atoms with van der Waals surface area (Å²) in [5.74, 6) is 1.23. The largest absolute Gasteiger partial charge is 0.479 e. The lowest BCUT2D eigenvalue weighted by Gasteiger charge is -2.18. The van der Waals surface area contributed by atoms with Gasteiger partial charge in [-0.2, -0.15) is 0 Å². The molecule has 2 amide bonds. The average Bonchev–Trinajstić information content (AvgIpc) is 3.48. The molecule has 3 aliphatic rings. The van der Waals surface area contributed by atoms with Gasteiger partial charge in [0, 0.05) is 35.8 Å². The number of halogens is 1. The van der Waals surface area contributed by atoms with E-state index >= 15 is 0 Å². The number of carbonyl (C=O) groups is 2. The van der Waals surface area contributed by atoms with Gasteiger partial charge in [0.15, 0.2) is 6.10 Å². The fourth-order valence-corrected chi connectivity index (χ4v) is 4.54. The van der Waals surface area contributed by atoms with Crippen molar-refractivity contribution in [3.8, 4) is 11.6 Å². The highest BCUT2D eigenvalue weighted by Crippen LogP contribution is 2.33. The molecule has 168 valence electrons. The predicted molar refractivity (Wildman–Crippen MR) is 118 cm³/mol. The van der Waals surface area contributed by atoms with Crippen LogP contribution in [-0.2, 0) is 11.3 Å². The zero-order valence-electron chi connectivity index (χ0n) is 17.8. The molecular weight excluding hydrogens is 433 g/mol. The number of nitrogens with zero attached hydrogens (tertiary/aromatic N) is 3. The van der Waals surface area contributed by atoms with Crippen molar-refractivity contribution in [3.05, 3.63) is 47.4 Å². The Morgan fingerprint density at radius 3 is 2.78 bits per heavy atom. The number of ether oxygens (including phenoxy) is 2. The number of rotatable bonds is 8. The van der Waals surface area contributed by atoms with Gasteiger partial charge in [-0.3, -0.25) is 9.59 Å². The number of benzene rings is 1. The minimum Gasteiger partial charge on any atom is -0.479 e. The van der Waals surface area contributed by atoms with Crippen LogP contribution in [0.4, 0.5) is 10.1 Å². The van der Waals surface area contributed by atoms with Crippen LogP contribution < -0.4 is 14.4 Å². The van der Waals surface area contributed by atoms with Gasteiger partial charge in [-0.15, -0.1) is 11.8 Å². The van der Waals surface area contributed by atoms with Crippen molar-refractivity contribution >= 4 is 29.3 Å². The molecule has 0 unspecified atom stereocenters. The fourth-order valence-electron chi connectivity index (χ4n) is 4.02. The van der Waals surface area contributed by atoms with E-state index in [0.717, 1.165) is 0 Å². The first-order valence-electron chi connectivity index (χ1n) is 10.7. The lowest BCUT2D eigenvalue weighted by molar-refractivity contribution is -0.122. The zero-order valence-corrected chi connectivity index (χ0v) is 18.6. The normalized spacial score (nSPS) is 20.1. The Balaban J connectivity index is 1.26. The predicted octanol–water partition coefficient (Wildman–Crippen LogP) is 3.47. The first kappa shape index (κ1) is 21.1. The van der Waals surface area contributed by atoms with Crippen LogP contribution in [-0.4, -0.2) is 53.1 Å². The number of hydrogen-bond acceptors (Lipinski definition) is 6. The first-order chi connectivity index (χ1) is 15.5. The maximum atomic E-state index is 14.7. The molecule has 3 heterocycles. The standard InChI is InChI=1S/C23H24FN3O4S/c1-32-13-26-11-18-17(22(26)28)8-15(9-19(18)24)27-7-6-20(23(27)29)31-16-4-5-21(25-10-16)30-12-14-2-3-14/h4-5,8-10,14,20H,2-3,6-7,11-13H2,1H3/t20-/m1/s1. The van der Waals surface area contributed by atoms with E-state index in [1.165, 1.54) is 35.6 Å². The second-order valence-electron chi connectivity index (χ2n) is 8.35. The number of thioether (sulfide) groups is 1. The molecule has 5 rings (SSSR count). The minimum atomic E-state index is -0.685. The van der Waals surface area contributed by atoms with Gasteiger partial charge in [0.05, 0.1) is 25.2 Å². The number of pyridine rings is 1. The summed E-state index contributed by atoms with van der Waals surface area (Å²) < 4.78 is 26.2. The van der Waals surface area contributed by atoms with Crippen molar-refractivity contribution in [2.75, 3.05) is 30.2 Å². The molecule has 0 radical (unpaired) electrons. The highest BCUT2D eigenvalue weighted by molar-refractivity contribution is 7.98. The number of aromatic nitrogens is 1. The molecule has 0 N–H and O–H groups in total. The average molecular weight is 458 g/mol. The molecule has 7 nitrogen and oxygen atoms in total. The third-order valence-corrected chi connectivity index (χ3v) is 6.52. The van der Waals surface area contributed by atoms with Gasteiger partial charge in [-0.05, 0) is 43.2 Å². The van der Waals surface area contributed by atoms with Crippen molar-refractivity contribution < 1.29 is 23.5 Å². The van der Waals surface area contributed by atoms with Gasteiger partial charge in [0.2, 0.25) is 5.88 Å². The van der Waals surface area contributed by atoms with Crippen molar-refractivity contribution in [1.82, 2.24) is 9.88 Å². The zero-order chi connectivity index (χ0) is 22.2. The number of anilines is 1. The summed E-state index contributed by atoms with van der Waals surface area (Å²) in [4.78, 5) is 32.9. The van der Waals surface area contributed by atoms with E-state index in [-0.39, 0.29) is 18.4 Å². The summed E-state index contributed by atoms with van der Waals surface area (Å²) in [5, 5.41) is 0. The molecule has 1 aromatic heterocycles. The van der Waals surface area contributed by atoms with Crippen molar-refractivity contribution in [3.63, 3.8) is 0 Å². The minimum absolute atomic E-state index is 0.204. The molecule has 1 saturated carbocycles. The van der Waals surface area contributed by atoms with Gasteiger partial charge in [-0.1, -0.05) is 0 Å². The van der Waals surface area contributed by atoms with E-state index in [9.17, 15) is 14.0 Å². The molecule has 9 heteroatoms. The van der Waals surface area contributed by atoms with Crippen LogP contribution in [0.5, 0.6) is 11.6 Å². The van der Waals surface area contributed by atoms with E-state index in [4.69, 9.17) is 9.47 Å². The number of hydrogen-bond donors (Lipinski definition) is 0. The third-order valence-electron chi connectivity index (χ3n) is 5.95. The van der Waals surface area contributed by atoms with Gasteiger partial charge in [0.1, 0.15) is 11.6 Å². The lowest BCUT2D eigenvalue weighted by Crippen LogP contribution is -2.32. The summed E-state index contributed by atoms with van der Waals surface area (Å²) in [6, 6.07) is 6.42. The Labute approximate surface area is 189 Å². The molecule has 0 spiro atoms.